The lowest BCUT2D eigenvalue weighted by molar-refractivity contribution is 0.363. The average molecular weight is 364 g/mol. The Hall–Kier alpha value is -2.66. The topological polar surface area (TPSA) is 55.0 Å². The Morgan fingerprint density at radius 1 is 1.27 bits per heavy atom. The lowest BCUT2D eigenvalue weighted by atomic mass is 9.97. The van der Waals surface area contributed by atoms with Crippen LogP contribution in [-0.4, -0.2) is 16.6 Å². The lowest BCUT2D eigenvalue weighted by Crippen LogP contribution is -2.11. The van der Waals surface area contributed by atoms with Gasteiger partial charge in [-0.25, -0.2) is 4.98 Å². The predicted molar refractivity (Wildman–Crippen MR) is 108 cm³/mol. The zero-order chi connectivity index (χ0) is 17.9. The maximum atomic E-state index is 12.6. The lowest BCUT2D eigenvalue weighted by Gasteiger charge is -2.09. The molecular formula is C21H20N2O2S. The van der Waals surface area contributed by atoms with E-state index in [-0.39, 0.29) is 5.56 Å². The third-order valence-electron chi connectivity index (χ3n) is 4.50. The summed E-state index contributed by atoms with van der Waals surface area (Å²) in [7, 11) is 0. The molecule has 0 aliphatic heterocycles. The highest BCUT2D eigenvalue weighted by Gasteiger charge is 2.19. The van der Waals surface area contributed by atoms with Crippen molar-refractivity contribution in [1.29, 1.82) is 0 Å². The number of aryl methyl sites for hydroxylation is 2. The Balaban J connectivity index is 1.64. The quantitative estimate of drug-likeness (QED) is 0.673. The van der Waals surface area contributed by atoms with Crippen molar-refractivity contribution in [2.24, 2.45) is 0 Å². The van der Waals surface area contributed by atoms with Gasteiger partial charge in [0.1, 0.15) is 23.0 Å². The molecule has 132 valence electrons. The number of nitrogens with zero attached hydrogens (tertiary/aromatic N) is 1. The number of thiophene rings is 1. The first-order valence-electron chi connectivity index (χ1n) is 8.81. The molecule has 0 atom stereocenters. The van der Waals surface area contributed by atoms with E-state index >= 15 is 0 Å². The summed E-state index contributed by atoms with van der Waals surface area (Å²) in [5.74, 6) is 1.37. The zero-order valence-corrected chi connectivity index (χ0v) is 15.3. The van der Waals surface area contributed by atoms with E-state index in [2.05, 4.69) is 16.5 Å². The molecule has 0 bridgehead atoms. The van der Waals surface area contributed by atoms with Gasteiger partial charge < -0.3 is 9.72 Å². The second kappa shape index (κ2) is 7.30. The SMILES string of the molecule is C=CCOc1cccc(/C=C/c2nc3sc4c(c3c(=O)[nH]2)CCCC4)c1. The Kier molecular flexibility index (Phi) is 4.71. The first-order valence-corrected chi connectivity index (χ1v) is 9.62. The predicted octanol–water partition coefficient (Wildman–Crippen LogP) is 4.60. The molecule has 0 saturated heterocycles. The zero-order valence-electron chi connectivity index (χ0n) is 14.5. The summed E-state index contributed by atoms with van der Waals surface area (Å²) in [6.45, 7) is 4.13. The van der Waals surface area contributed by atoms with Gasteiger partial charge in [-0.3, -0.25) is 4.79 Å². The third kappa shape index (κ3) is 3.35. The summed E-state index contributed by atoms with van der Waals surface area (Å²) in [5.41, 5.74) is 2.17. The van der Waals surface area contributed by atoms with Crippen LogP contribution in [0.3, 0.4) is 0 Å². The summed E-state index contributed by atoms with van der Waals surface area (Å²) < 4.78 is 5.55. The van der Waals surface area contributed by atoms with Gasteiger partial charge in [-0.1, -0.05) is 30.9 Å². The number of ether oxygens (including phenoxy) is 1. The van der Waals surface area contributed by atoms with Crippen LogP contribution in [0.15, 0.2) is 41.7 Å². The molecule has 0 spiro atoms. The highest BCUT2D eigenvalue weighted by Crippen LogP contribution is 2.33. The van der Waals surface area contributed by atoms with Crippen LogP contribution in [0.1, 0.15) is 34.7 Å². The molecule has 3 aromatic rings. The van der Waals surface area contributed by atoms with Gasteiger partial charge in [0.15, 0.2) is 0 Å². The number of nitrogens with one attached hydrogen (secondary N) is 1. The highest BCUT2D eigenvalue weighted by atomic mass is 32.1. The Labute approximate surface area is 155 Å². The number of fused-ring (bicyclic) bond motifs is 3. The van der Waals surface area contributed by atoms with Crippen molar-refractivity contribution in [3.63, 3.8) is 0 Å². The molecule has 0 amide bonds. The summed E-state index contributed by atoms with van der Waals surface area (Å²) >= 11 is 1.67. The van der Waals surface area contributed by atoms with Gasteiger partial charge in [0.25, 0.3) is 5.56 Å². The minimum atomic E-state index is -0.0304. The first kappa shape index (κ1) is 16.8. The van der Waals surface area contributed by atoms with Gasteiger partial charge in [0.05, 0.1) is 5.39 Å². The van der Waals surface area contributed by atoms with Crippen molar-refractivity contribution in [1.82, 2.24) is 9.97 Å². The fourth-order valence-corrected chi connectivity index (χ4v) is 4.57. The second-order valence-corrected chi connectivity index (χ2v) is 7.43. The number of hydrogen-bond acceptors (Lipinski definition) is 4. The van der Waals surface area contributed by atoms with Crippen molar-refractivity contribution in [3.8, 4) is 5.75 Å². The summed E-state index contributed by atoms with van der Waals surface area (Å²) in [6, 6.07) is 7.77. The van der Waals surface area contributed by atoms with Crippen molar-refractivity contribution in [2.75, 3.05) is 6.61 Å². The van der Waals surface area contributed by atoms with Crippen LogP contribution in [-0.2, 0) is 12.8 Å². The van der Waals surface area contributed by atoms with Crippen LogP contribution in [0.25, 0.3) is 22.4 Å². The molecule has 0 fully saturated rings. The van der Waals surface area contributed by atoms with Crippen molar-refractivity contribution in [3.05, 3.63) is 69.1 Å². The van der Waals surface area contributed by atoms with E-state index in [1.165, 1.54) is 16.9 Å². The maximum absolute atomic E-state index is 12.6. The van der Waals surface area contributed by atoms with E-state index in [4.69, 9.17) is 4.74 Å². The van der Waals surface area contributed by atoms with Crippen LogP contribution >= 0.6 is 11.3 Å². The van der Waals surface area contributed by atoms with Crippen LogP contribution in [0.5, 0.6) is 5.75 Å². The molecule has 0 radical (unpaired) electrons. The normalized spacial score (nSPS) is 13.8. The Bertz CT molecular complexity index is 1050. The van der Waals surface area contributed by atoms with Crippen molar-refractivity contribution < 1.29 is 4.74 Å². The van der Waals surface area contributed by atoms with Crippen molar-refractivity contribution in [2.45, 2.75) is 25.7 Å². The van der Waals surface area contributed by atoms with Gasteiger partial charge in [0, 0.05) is 4.88 Å². The molecule has 26 heavy (non-hydrogen) atoms. The molecule has 1 aromatic carbocycles. The minimum Gasteiger partial charge on any atom is -0.490 e. The molecule has 4 rings (SSSR count). The molecule has 1 aliphatic carbocycles. The van der Waals surface area contributed by atoms with Crippen LogP contribution in [0.2, 0.25) is 0 Å². The van der Waals surface area contributed by atoms with E-state index < -0.39 is 0 Å². The van der Waals surface area contributed by atoms with E-state index in [0.29, 0.717) is 12.4 Å². The number of aromatic amines is 1. The smallest absolute Gasteiger partial charge is 0.260 e. The van der Waals surface area contributed by atoms with Crippen LogP contribution in [0.4, 0.5) is 0 Å². The second-order valence-electron chi connectivity index (χ2n) is 6.35. The van der Waals surface area contributed by atoms with Crippen LogP contribution in [0, 0.1) is 0 Å². The third-order valence-corrected chi connectivity index (χ3v) is 5.69. The molecule has 2 heterocycles. The summed E-state index contributed by atoms with van der Waals surface area (Å²) in [6.07, 6.45) is 9.90. The molecule has 5 heteroatoms. The molecule has 0 saturated carbocycles. The molecule has 1 aliphatic rings. The summed E-state index contributed by atoms with van der Waals surface area (Å²) in [4.78, 5) is 22.3. The van der Waals surface area contributed by atoms with E-state index in [0.717, 1.165) is 40.8 Å². The molecule has 1 N–H and O–H groups in total. The number of aromatic nitrogens is 2. The Morgan fingerprint density at radius 3 is 3.04 bits per heavy atom. The largest absolute Gasteiger partial charge is 0.490 e. The van der Waals surface area contributed by atoms with E-state index in [1.807, 2.05) is 36.4 Å². The van der Waals surface area contributed by atoms with E-state index in [1.54, 1.807) is 17.4 Å². The fourth-order valence-electron chi connectivity index (χ4n) is 3.30. The van der Waals surface area contributed by atoms with Gasteiger partial charge in [0.2, 0.25) is 0 Å². The maximum Gasteiger partial charge on any atom is 0.260 e. The highest BCUT2D eigenvalue weighted by molar-refractivity contribution is 7.18. The van der Waals surface area contributed by atoms with Gasteiger partial charge >= 0.3 is 0 Å². The molecule has 4 nitrogen and oxygen atoms in total. The number of benzene rings is 1. The molecule has 0 unspecified atom stereocenters. The first-order chi connectivity index (χ1) is 12.7. The number of rotatable bonds is 5. The number of hydrogen-bond donors (Lipinski definition) is 1. The Morgan fingerprint density at radius 2 is 2.15 bits per heavy atom. The van der Waals surface area contributed by atoms with E-state index in [9.17, 15) is 4.79 Å². The van der Waals surface area contributed by atoms with Gasteiger partial charge in [-0.2, -0.15) is 0 Å². The summed E-state index contributed by atoms with van der Waals surface area (Å²) in [5, 5.41) is 0.793. The number of H-pyrrole nitrogens is 1. The fraction of sp³-hybridized carbons (Fsp3) is 0.238. The van der Waals surface area contributed by atoms with Gasteiger partial charge in [-0.15, -0.1) is 11.3 Å². The molecule has 2 aromatic heterocycles. The monoisotopic (exact) mass is 364 g/mol. The van der Waals surface area contributed by atoms with Crippen LogP contribution < -0.4 is 10.3 Å². The minimum absolute atomic E-state index is 0.0304. The van der Waals surface area contributed by atoms with Crippen molar-refractivity contribution >= 4 is 33.7 Å². The molecular weight excluding hydrogens is 344 g/mol. The standard InChI is InChI=1S/C21H20N2O2S/c1-2-12-25-15-7-5-6-14(13-15)10-11-18-22-20(24)19-16-8-3-4-9-17(16)26-21(19)23-18/h2,5-7,10-11,13H,1,3-4,8-9,12H2,(H,22,23,24)/b11-10+. The average Bonchev–Trinajstić information content (AvgIpc) is 3.04. The van der Waals surface area contributed by atoms with Gasteiger partial charge in [-0.05, 0) is 55.0 Å².